The van der Waals surface area contributed by atoms with Crippen molar-refractivity contribution in [3.8, 4) is 0 Å². The van der Waals surface area contributed by atoms with Crippen molar-refractivity contribution >= 4 is 5.97 Å². The maximum Gasteiger partial charge on any atom is 0.309 e. The molecule has 4 nitrogen and oxygen atoms in total. The summed E-state index contributed by atoms with van der Waals surface area (Å²) in [5, 5.41) is 9.13. The first kappa shape index (κ1) is 12.1. The van der Waals surface area contributed by atoms with E-state index in [1.54, 1.807) is 0 Å². The van der Waals surface area contributed by atoms with Gasteiger partial charge in [-0.3, -0.25) is 9.69 Å². The van der Waals surface area contributed by atoms with Crippen molar-refractivity contribution < 1.29 is 9.90 Å². The van der Waals surface area contributed by atoms with E-state index in [2.05, 4.69) is 4.90 Å². The minimum absolute atomic E-state index is 0.0114. The first-order valence-corrected chi connectivity index (χ1v) is 5.86. The molecule has 2 rings (SSSR count). The second kappa shape index (κ2) is 4.85. The van der Waals surface area contributed by atoms with E-state index in [0.717, 1.165) is 6.54 Å². The van der Waals surface area contributed by atoms with E-state index >= 15 is 0 Å². The maximum atomic E-state index is 11.1. The zero-order chi connectivity index (χ0) is 12.4. The van der Waals surface area contributed by atoms with Crippen LogP contribution in [0.3, 0.4) is 0 Å². The molecule has 0 radical (unpaired) electrons. The third kappa shape index (κ3) is 2.48. The molecule has 3 N–H and O–H groups in total. The predicted octanol–water partition coefficient (Wildman–Crippen LogP) is 0.919. The molecule has 0 aliphatic carbocycles. The Kier molecular flexibility index (Phi) is 3.45. The van der Waals surface area contributed by atoms with Gasteiger partial charge in [0.15, 0.2) is 0 Å². The Labute approximate surface area is 101 Å². The second-order valence-electron chi connectivity index (χ2n) is 4.68. The molecule has 1 aliphatic heterocycles. The Morgan fingerprint density at radius 1 is 1.47 bits per heavy atom. The molecule has 17 heavy (non-hydrogen) atoms. The predicted molar refractivity (Wildman–Crippen MR) is 65.4 cm³/mol. The van der Waals surface area contributed by atoms with Gasteiger partial charge >= 0.3 is 5.97 Å². The fourth-order valence-electron chi connectivity index (χ4n) is 2.55. The minimum atomic E-state index is -0.791. The number of carboxylic acids is 1. The lowest BCUT2D eigenvalue weighted by atomic mass is 9.98. The number of rotatable bonds is 3. The molecular weight excluding hydrogens is 216 g/mol. The molecule has 1 aromatic carbocycles. The fourth-order valence-corrected chi connectivity index (χ4v) is 2.55. The fraction of sp³-hybridized carbons (Fsp3) is 0.462. The van der Waals surface area contributed by atoms with Gasteiger partial charge in [-0.05, 0) is 12.5 Å². The van der Waals surface area contributed by atoms with Gasteiger partial charge in [0.05, 0.1) is 5.92 Å². The largest absolute Gasteiger partial charge is 0.481 e. The minimum Gasteiger partial charge on any atom is -0.481 e. The number of hydrogen-bond donors (Lipinski definition) is 2. The molecule has 3 atom stereocenters. The Bertz CT molecular complexity index is 394. The molecule has 0 bridgehead atoms. The van der Waals surface area contributed by atoms with Crippen molar-refractivity contribution in [3.63, 3.8) is 0 Å². The second-order valence-corrected chi connectivity index (χ2v) is 4.68. The van der Waals surface area contributed by atoms with E-state index in [4.69, 9.17) is 10.8 Å². The van der Waals surface area contributed by atoms with Crippen LogP contribution in [0.15, 0.2) is 30.3 Å². The van der Waals surface area contributed by atoms with Crippen molar-refractivity contribution in [2.75, 3.05) is 6.54 Å². The highest BCUT2D eigenvalue weighted by atomic mass is 16.4. The van der Waals surface area contributed by atoms with Gasteiger partial charge in [-0.1, -0.05) is 30.3 Å². The summed E-state index contributed by atoms with van der Waals surface area (Å²) in [7, 11) is 0. The van der Waals surface area contributed by atoms with Crippen LogP contribution in [0.2, 0.25) is 0 Å². The van der Waals surface area contributed by atoms with Gasteiger partial charge < -0.3 is 10.8 Å². The molecular formula is C13H18N2O2. The zero-order valence-electron chi connectivity index (χ0n) is 9.91. The molecule has 0 amide bonds. The van der Waals surface area contributed by atoms with Gasteiger partial charge in [-0.2, -0.15) is 0 Å². The molecule has 92 valence electrons. The van der Waals surface area contributed by atoms with Crippen LogP contribution in [0, 0.1) is 5.92 Å². The quantitative estimate of drug-likeness (QED) is 0.816. The number of nitrogens with two attached hydrogens (primary N) is 1. The summed E-state index contributed by atoms with van der Waals surface area (Å²) in [5.74, 6) is -1.25. The van der Waals surface area contributed by atoms with Crippen molar-refractivity contribution in [1.82, 2.24) is 4.90 Å². The smallest absolute Gasteiger partial charge is 0.309 e. The number of aliphatic carboxylic acids is 1. The molecule has 1 heterocycles. The average Bonchev–Trinajstić information content (AvgIpc) is 2.55. The number of nitrogens with zero attached hydrogens (tertiary/aromatic N) is 1. The van der Waals surface area contributed by atoms with E-state index in [9.17, 15) is 4.79 Å². The van der Waals surface area contributed by atoms with Crippen molar-refractivity contribution in [2.24, 2.45) is 11.7 Å². The summed E-state index contributed by atoms with van der Waals surface area (Å²) in [4.78, 5) is 13.3. The van der Waals surface area contributed by atoms with Crippen LogP contribution in [0.4, 0.5) is 0 Å². The molecule has 3 unspecified atom stereocenters. The van der Waals surface area contributed by atoms with E-state index in [0.29, 0.717) is 6.54 Å². The van der Waals surface area contributed by atoms with Gasteiger partial charge in [0.25, 0.3) is 0 Å². The van der Waals surface area contributed by atoms with Crippen molar-refractivity contribution in [3.05, 3.63) is 35.9 Å². The lowest BCUT2D eigenvalue weighted by Crippen LogP contribution is -2.37. The van der Waals surface area contributed by atoms with Gasteiger partial charge in [-0.15, -0.1) is 0 Å². The Hall–Kier alpha value is -1.39. The molecule has 0 spiro atoms. The van der Waals surface area contributed by atoms with Crippen LogP contribution in [0.5, 0.6) is 0 Å². The summed E-state index contributed by atoms with van der Waals surface area (Å²) in [6.45, 7) is 3.35. The summed E-state index contributed by atoms with van der Waals surface area (Å²) in [6.07, 6.45) is 0. The Balaban J connectivity index is 2.07. The Morgan fingerprint density at radius 3 is 2.65 bits per heavy atom. The molecule has 0 saturated carbocycles. The van der Waals surface area contributed by atoms with Crippen LogP contribution in [-0.4, -0.2) is 34.6 Å². The lowest BCUT2D eigenvalue weighted by molar-refractivity contribution is -0.142. The van der Waals surface area contributed by atoms with Crippen molar-refractivity contribution in [1.29, 1.82) is 0 Å². The first-order valence-electron chi connectivity index (χ1n) is 5.86. The molecule has 4 heteroatoms. The number of carbonyl (C=O) groups is 1. The summed E-state index contributed by atoms with van der Waals surface area (Å²) in [5.41, 5.74) is 7.08. The number of carboxylic acid groups (broad SMARTS) is 1. The zero-order valence-corrected chi connectivity index (χ0v) is 9.91. The lowest BCUT2D eigenvalue weighted by Gasteiger charge is -2.22. The third-order valence-electron chi connectivity index (χ3n) is 3.52. The highest BCUT2D eigenvalue weighted by Gasteiger charge is 2.41. The standard InChI is InChI=1S/C13H18N2O2/c1-9-12(13(16)17)11(14)8-15(9)7-10-5-3-2-4-6-10/h2-6,9,11-12H,7-8,14H2,1H3,(H,16,17). The van der Waals surface area contributed by atoms with E-state index in [-0.39, 0.29) is 12.1 Å². The van der Waals surface area contributed by atoms with E-state index in [1.165, 1.54) is 5.56 Å². The summed E-state index contributed by atoms with van der Waals surface area (Å²) < 4.78 is 0. The SMILES string of the molecule is CC1C(C(=O)O)C(N)CN1Cc1ccccc1. The van der Waals surface area contributed by atoms with Gasteiger partial charge in [0.2, 0.25) is 0 Å². The topological polar surface area (TPSA) is 66.6 Å². The van der Waals surface area contributed by atoms with Crippen LogP contribution in [-0.2, 0) is 11.3 Å². The monoisotopic (exact) mass is 234 g/mol. The maximum absolute atomic E-state index is 11.1. The Morgan fingerprint density at radius 2 is 2.12 bits per heavy atom. The number of hydrogen-bond acceptors (Lipinski definition) is 3. The van der Waals surface area contributed by atoms with Gasteiger partial charge in [0.1, 0.15) is 0 Å². The molecule has 0 aromatic heterocycles. The summed E-state index contributed by atoms with van der Waals surface area (Å²) >= 11 is 0. The molecule has 1 fully saturated rings. The number of benzene rings is 1. The van der Waals surface area contributed by atoms with Crippen LogP contribution < -0.4 is 5.73 Å². The van der Waals surface area contributed by atoms with Crippen molar-refractivity contribution in [2.45, 2.75) is 25.6 Å². The molecule has 1 saturated heterocycles. The van der Waals surface area contributed by atoms with Gasteiger partial charge in [-0.25, -0.2) is 0 Å². The molecule has 1 aromatic rings. The first-order chi connectivity index (χ1) is 8.09. The summed E-state index contributed by atoms with van der Waals surface area (Å²) in [6, 6.07) is 9.77. The molecule has 1 aliphatic rings. The van der Waals surface area contributed by atoms with Crippen LogP contribution in [0.25, 0.3) is 0 Å². The number of likely N-dealkylation sites (tertiary alicyclic amines) is 1. The van der Waals surface area contributed by atoms with E-state index in [1.807, 2.05) is 37.3 Å². The third-order valence-corrected chi connectivity index (χ3v) is 3.52. The van der Waals surface area contributed by atoms with Crippen LogP contribution >= 0.6 is 0 Å². The average molecular weight is 234 g/mol. The van der Waals surface area contributed by atoms with Crippen LogP contribution in [0.1, 0.15) is 12.5 Å². The van der Waals surface area contributed by atoms with E-state index < -0.39 is 11.9 Å². The normalized spacial score (nSPS) is 29.4. The highest BCUT2D eigenvalue weighted by molar-refractivity contribution is 5.72. The highest BCUT2D eigenvalue weighted by Crippen LogP contribution is 2.25. The van der Waals surface area contributed by atoms with Gasteiger partial charge in [0, 0.05) is 25.2 Å².